The molecular weight excluding hydrogens is 447 g/mol. The third-order valence-electron chi connectivity index (χ3n) is 6.15. The number of nitrogens with zero attached hydrogens (tertiary/aromatic N) is 4. The summed E-state index contributed by atoms with van der Waals surface area (Å²) in [5.41, 5.74) is 2.16. The quantitative estimate of drug-likeness (QED) is 0.436. The number of carbonyl (C=O) groups is 1. The smallest absolute Gasteiger partial charge is 0.296 e. The van der Waals surface area contributed by atoms with E-state index in [-0.39, 0.29) is 17.9 Å². The topological polar surface area (TPSA) is 60.1 Å². The predicted octanol–water partition coefficient (Wildman–Crippen LogP) is 4.74. The molecule has 8 heteroatoms. The monoisotopic (exact) mass is 468 g/mol. The van der Waals surface area contributed by atoms with Gasteiger partial charge < -0.3 is 9.47 Å². The molecule has 0 aliphatic carbocycles. The molecule has 1 saturated heterocycles. The molecule has 0 spiro atoms. The second-order valence-corrected chi connectivity index (χ2v) is 9.08. The minimum Gasteiger partial charge on any atom is -0.342 e. The Morgan fingerprint density at radius 3 is 2.53 bits per heavy atom. The van der Waals surface area contributed by atoms with Crippen LogP contribution in [0.2, 0.25) is 10.0 Å². The van der Waals surface area contributed by atoms with Crippen LogP contribution in [0.1, 0.15) is 25.0 Å². The highest BCUT2D eigenvalue weighted by Gasteiger charge is 2.24. The molecule has 0 N–H and O–H groups in total. The maximum atomic E-state index is 13.6. The number of fused-ring (bicyclic) bond motifs is 3. The highest BCUT2D eigenvalue weighted by molar-refractivity contribution is 6.31. The van der Waals surface area contributed by atoms with E-state index in [2.05, 4.69) is 5.10 Å². The van der Waals surface area contributed by atoms with Crippen molar-refractivity contribution in [3.05, 3.63) is 68.6 Å². The molecule has 2 aromatic carbocycles. The second kappa shape index (κ2) is 8.26. The largest absolute Gasteiger partial charge is 0.342 e. The number of hydrogen-bond donors (Lipinski definition) is 0. The Morgan fingerprint density at radius 2 is 1.78 bits per heavy atom. The molecule has 5 rings (SSSR count). The van der Waals surface area contributed by atoms with Gasteiger partial charge in [0.05, 0.1) is 23.3 Å². The molecule has 0 unspecified atom stereocenters. The summed E-state index contributed by atoms with van der Waals surface area (Å²) in [5, 5.41) is 7.33. The summed E-state index contributed by atoms with van der Waals surface area (Å²) in [6.07, 6.45) is 3.31. The molecule has 6 nitrogen and oxygen atoms in total. The van der Waals surface area contributed by atoms with E-state index < -0.39 is 0 Å². The minimum absolute atomic E-state index is 0.0285. The standard InChI is InChI=1S/C24H22Cl2N4O2/c1-28-20-13-16(26)8-9-18(20)22-19(14-21(31)29-10-3-2-4-11-29)27-30(24(32)23(22)28)17-7-5-6-15(25)12-17/h5-9,12-13H,2-4,10-11,14H2,1H3. The van der Waals surface area contributed by atoms with Crippen molar-refractivity contribution in [2.45, 2.75) is 25.7 Å². The van der Waals surface area contributed by atoms with E-state index in [4.69, 9.17) is 23.2 Å². The maximum Gasteiger partial charge on any atom is 0.296 e. The Bertz CT molecular complexity index is 1420. The van der Waals surface area contributed by atoms with Gasteiger partial charge in [-0.05, 0) is 49.6 Å². The molecular formula is C24H22Cl2N4O2. The zero-order valence-electron chi connectivity index (χ0n) is 17.6. The van der Waals surface area contributed by atoms with Crippen LogP contribution >= 0.6 is 23.2 Å². The lowest BCUT2D eigenvalue weighted by Crippen LogP contribution is -2.37. The fourth-order valence-electron chi connectivity index (χ4n) is 4.57. The average molecular weight is 469 g/mol. The number of rotatable bonds is 3. The summed E-state index contributed by atoms with van der Waals surface area (Å²) in [6, 6.07) is 12.5. The third-order valence-corrected chi connectivity index (χ3v) is 6.62. The number of benzene rings is 2. The Labute approximate surface area is 194 Å². The van der Waals surface area contributed by atoms with E-state index >= 15 is 0 Å². The van der Waals surface area contributed by atoms with Crippen LogP contribution in [0.15, 0.2) is 47.3 Å². The van der Waals surface area contributed by atoms with Crippen molar-refractivity contribution in [3.63, 3.8) is 0 Å². The van der Waals surface area contributed by atoms with Crippen LogP contribution in [0, 0.1) is 0 Å². The first-order valence-electron chi connectivity index (χ1n) is 10.7. The van der Waals surface area contributed by atoms with Crippen LogP contribution in [0.25, 0.3) is 27.5 Å². The molecule has 164 valence electrons. The number of amides is 1. The zero-order valence-corrected chi connectivity index (χ0v) is 19.2. The molecule has 1 aliphatic rings. The van der Waals surface area contributed by atoms with Gasteiger partial charge in [0.15, 0.2) is 0 Å². The zero-order chi connectivity index (χ0) is 22.4. The van der Waals surface area contributed by atoms with Gasteiger partial charge in [-0.1, -0.05) is 35.3 Å². The van der Waals surface area contributed by atoms with Gasteiger partial charge in [0, 0.05) is 41.0 Å². The first-order chi connectivity index (χ1) is 15.4. The summed E-state index contributed by atoms with van der Waals surface area (Å²) in [6.45, 7) is 1.53. The lowest BCUT2D eigenvalue weighted by atomic mass is 10.1. The molecule has 0 saturated carbocycles. The normalized spacial score (nSPS) is 14.4. The molecule has 1 fully saturated rings. The van der Waals surface area contributed by atoms with Crippen LogP contribution < -0.4 is 5.56 Å². The molecule has 0 atom stereocenters. The van der Waals surface area contributed by atoms with Crippen LogP contribution in [0.5, 0.6) is 0 Å². The number of halogens is 2. The van der Waals surface area contributed by atoms with Gasteiger partial charge in [0.2, 0.25) is 5.91 Å². The molecule has 1 aliphatic heterocycles. The predicted molar refractivity (Wildman–Crippen MR) is 128 cm³/mol. The Hall–Kier alpha value is -2.83. The molecule has 2 aromatic heterocycles. The van der Waals surface area contributed by atoms with Crippen LogP contribution in [-0.4, -0.2) is 38.2 Å². The fourth-order valence-corrected chi connectivity index (χ4v) is 4.92. The van der Waals surface area contributed by atoms with Gasteiger partial charge in [-0.15, -0.1) is 0 Å². The van der Waals surface area contributed by atoms with E-state index in [0.717, 1.165) is 43.3 Å². The van der Waals surface area contributed by atoms with Gasteiger partial charge in [0.25, 0.3) is 5.56 Å². The lowest BCUT2D eigenvalue weighted by molar-refractivity contribution is -0.131. The number of aryl methyl sites for hydroxylation is 1. The van der Waals surface area contributed by atoms with Crippen molar-refractivity contribution in [1.29, 1.82) is 0 Å². The number of carbonyl (C=O) groups excluding carboxylic acids is 1. The second-order valence-electron chi connectivity index (χ2n) is 8.21. The van der Waals surface area contributed by atoms with Crippen molar-refractivity contribution in [2.75, 3.05) is 13.1 Å². The van der Waals surface area contributed by atoms with E-state index in [0.29, 0.717) is 32.3 Å². The number of likely N-dealkylation sites (tertiary alicyclic amines) is 1. The van der Waals surface area contributed by atoms with Crippen molar-refractivity contribution in [2.24, 2.45) is 7.05 Å². The average Bonchev–Trinajstić information content (AvgIpc) is 3.08. The summed E-state index contributed by atoms with van der Waals surface area (Å²) >= 11 is 12.4. The van der Waals surface area contributed by atoms with Gasteiger partial charge in [-0.25, -0.2) is 0 Å². The minimum atomic E-state index is -0.272. The third kappa shape index (κ3) is 3.57. The Kier molecular flexibility index (Phi) is 5.43. The number of piperidine rings is 1. The van der Waals surface area contributed by atoms with E-state index in [1.807, 2.05) is 28.6 Å². The van der Waals surface area contributed by atoms with E-state index in [1.165, 1.54) is 4.68 Å². The number of aromatic nitrogens is 3. The van der Waals surface area contributed by atoms with E-state index in [9.17, 15) is 9.59 Å². The van der Waals surface area contributed by atoms with Gasteiger partial charge in [-0.3, -0.25) is 9.59 Å². The maximum absolute atomic E-state index is 13.6. The molecule has 3 heterocycles. The highest BCUT2D eigenvalue weighted by Crippen LogP contribution is 2.31. The van der Waals surface area contributed by atoms with Gasteiger partial charge in [0.1, 0.15) is 5.52 Å². The molecule has 0 radical (unpaired) electrons. The van der Waals surface area contributed by atoms with Crippen molar-refractivity contribution in [3.8, 4) is 5.69 Å². The number of hydrogen-bond acceptors (Lipinski definition) is 3. The van der Waals surface area contributed by atoms with Crippen LogP contribution in [0.3, 0.4) is 0 Å². The molecule has 0 bridgehead atoms. The Balaban J connectivity index is 1.77. The summed E-state index contributed by atoms with van der Waals surface area (Å²) in [5.74, 6) is 0.0285. The van der Waals surface area contributed by atoms with Crippen molar-refractivity contribution in [1.82, 2.24) is 19.2 Å². The first kappa shape index (κ1) is 21.0. The fraction of sp³-hybridized carbons (Fsp3) is 0.292. The van der Waals surface area contributed by atoms with Crippen LogP contribution in [-0.2, 0) is 18.3 Å². The SMILES string of the molecule is Cn1c2cc(Cl)ccc2c2c(CC(=O)N3CCCCC3)nn(-c3cccc(Cl)c3)c(=O)c21. The van der Waals surface area contributed by atoms with Crippen molar-refractivity contribution < 1.29 is 4.79 Å². The summed E-state index contributed by atoms with van der Waals surface area (Å²) in [7, 11) is 1.83. The van der Waals surface area contributed by atoms with Gasteiger partial charge in [-0.2, -0.15) is 9.78 Å². The van der Waals surface area contributed by atoms with Crippen LogP contribution in [0.4, 0.5) is 0 Å². The highest BCUT2D eigenvalue weighted by atomic mass is 35.5. The molecule has 4 aromatic rings. The summed E-state index contributed by atoms with van der Waals surface area (Å²) in [4.78, 5) is 28.6. The molecule has 32 heavy (non-hydrogen) atoms. The molecule has 1 amide bonds. The van der Waals surface area contributed by atoms with Crippen molar-refractivity contribution >= 4 is 50.9 Å². The van der Waals surface area contributed by atoms with Gasteiger partial charge >= 0.3 is 0 Å². The van der Waals surface area contributed by atoms with E-state index in [1.54, 1.807) is 30.3 Å². The first-order valence-corrected chi connectivity index (χ1v) is 11.4. The lowest BCUT2D eigenvalue weighted by Gasteiger charge is -2.26. The summed E-state index contributed by atoms with van der Waals surface area (Å²) < 4.78 is 3.17. The Morgan fingerprint density at radius 1 is 1.03 bits per heavy atom.